The minimum Gasteiger partial charge on any atom is -0.488 e. The van der Waals surface area contributed by atoms with Crippen LogP contribution in [0.25, 0.3) is 10.8 Å². The van der Waals surface area contributed by atoms with Gasteiger partial charge in [-0.05, 0) is 35.2 Å². The molecule has 0 radical (unpaired) electrons. The average Bonchev–Trinajstić information content (AvgIpc) is 2.54. The van der Waals surface area contributed by atoms with Gasteiger partial charge in [0, 0.05) is 22.2 Å². The second kappa shape index (κ2) is 5.98. The first-order chi connectivity index (χ1) is 10.3. The summed E-state index contributed by atoms with van der Waals surface area (Å²) in [4.78, 5) is 0. The number of halogens is 1. The van der Waals surface area contributed by atoms with E-state index >= 15 is 0 Å². The predicted molar refractivity (Wildman–Crippen MR) is 87.6 cm³/mol. The Morgan fingerprint density at radius 3 is 2.33 bits per heavy atom. The quantitative estimate of drug-likeness (QED) is 0.670. The molecule has 0 atom stereocenters. The molecule has 3 aromatic carbocycles. The Bertz CT molecular complexity index is 781. The second-order valence-electron chi connectivity index (χ2n) is 4.76. The number of benzene rings is 3. The molecule has 104 valence electrons. The van der Waals surface area contributed by atoms with Crippen molar-refractivity contribution in [3.63, 3.8) is 0 Å². The van der Waals surface area contributed by atoms with Crippen LogP contribution < -0.4 is 4.74 Å². The zero-order chi connectivity index (χ0) is 14.7. The summed E-state index contributed by atoms with van der Waals surface area (Å²) >= 11 is 5.88. The van der Waals surface area contributed by atoms with Gasteiger partial charge in [-0.1, -0.05) is 48.0 Å². The number of hydrogen-bond acceptors (Lipinski definition) is 2. The molecule has 2 nitrogen and oxygen atoms in total. The third-order valence-electron chi connectivity index (χ3n) is 3.38. The summed E-state index contributed by atoms with van der Waals surface area (Å²) in [5.41, 5.74) is 1.96. The van der Waals surface area contributed by atoms with Crippen LogP contribution in [0.1, 0.15) is 11.1 Å². The molecule has 0 unspecified atom stereocenters. The van der Waals surface area contributed by atoms with Gasteiger partial charge >= 0.3 is 0 Å². The molecule has 0 spiro atoms. The largest absolute Gasteiger partial charge is 0.488 e. The Morgan fingerprint density at radius 1 is 0.905 bits per heavy atom. The van der Waals surface area contributed by atoms with Gasteiger partial charge in [0.15, 0.2) is 0 Å². The van der Waals surface area contributed by atoms with Gasteiger partial charge in [-0.2, -0.15) is 0 Å². The van der Waals surface area contributed by atoms with Crippen LogP contribution in [0, 0.1) is 5.41 Å². The van der Waals surface area contributed by atoms with Crippen molar-refractivity contribution < 1.29 is 4.74 Å². The number of hydrogen-bond donors (Lipinski definition) is 1. The standard InChI is InChI=1S/C18H14ClNO/c19-15-8-5-13(6-9-15)12-21-18-10-7-14(11-20)16-3-1-2-4-17(16)18/h1-11,20H,12H2. The van der Waals surface area contributed by atoms with Crippen LogP contribution in [0.15, 0.2) is 60.7 Å². The van der Waals surface area contributed by atoms with Gasteiger partial charge in [0.2, 0.25) is 0 Å². The first kappa shape index (κ1) is 13.7. The van der Waals surface area contributed by atoms with Crippen LogP contribution >= 0.6 is 11.6 Å². The van der Waals surface area contributed by atoms with Crippen molar-refractivity contribution in [3.8, 4) is 5.75 Å². The molecule has 0 amide bonds. The highest BCUT2D eigenvalue weighted by atomic mass is 35.5. The van der Waals surface area contributed by atoms with Crippen molar-refractivity contribution in [1.29, 1.82) is 5.41 Å². The molecule has 0 saturated heterocycles. The SMILES string of the molecule is N=Cc1ccc(OCc2ccc(Cl)cc2)c2ccccc12. The van der Waals surface area contributed by atoms with Gasteiger partial charge < -0.3 is 10.1 Å². The molecule has 21 heavy (non-hydrogen) atoms. The number of nitrogens with one attached hydrogen (secondary N) is 1. The van der Waals surface area contributed by atoms with E-state index in [0.717, 1.165) is 32.7 Å². The van der Waals surface area contributed by atoms with Crippen molar-refractivity contribution in [3.05, 3.63) is 76.8 Å². The summed E-state index contributed by atoms with van der Waals surface area (Å²) in [6.07, 6.45) is 1.37. The fraction of sp³-hybridized carbons (Fsp3) is 0.0556. The van der Waals surface area contributed by atoms with Crippen molar-refractivity contribution in [2.75, 3.05) is 0 Å². The number of ether oxygens (including phenoxy) is 1. The van der Waals surface area contributed by atoms with Gasteiger partial charge in [0.05, 0.1) is 0 Å². The highest BCUT2D eigenvalue weighted by molar-refractivity contribution is 6.30. The lowest BCUT2D eigenvalue weighted by molar-refractivity contribution is 0.310. The van der Waals surface area contributed by atoms with Crippen molar-refractivity contribution in [2.45, 2.75) is 6.61 Å². The van der Waals surface area contributed by atoms with Gasteiger partial charge in [0.1, 0.15) is 12.4 Å². The molecule has 0 aliphatic heterocycles. The van der Waals surface area contributed by atoms with E-state index in [4.69, 9.17) is 21.7 Å². The molecule has 0 aromatic heterocycles. The third kappa shape index (κ3) is 2.91. The molecule has 1 N–H and O–H groups in total. The molecular formula is C18H14ClNO. The fourth-order valence-electron chi connectivity index (χ4n) is 2.29. The highest BCUT2D eigenvalue weighted by Crippen LogP contribution is 2.28. The van der Waals surface area contributed by atoms with E-state index in [0.29, 0.717) is 6.61 Å². The highest BCUT2D eigenvalue weighted by Gasteiger charge is 2.05. The summed E-state index contributed by atoms with van der Waals surface area (Å²) in [6, 6.07) is 19.4. The molecule has 0 aliphatic rings. The molecule has 3 heteroatoms. The van der Waals surface area contributed by atoms with Crippen LogP contribution in [0.4, 0.5) is 0 Å². The van der Waals surface area contributed by atoms with Crippen molar-refractivity contribution >= 4 is 28.6 Å². The third-order valence-corrected chi connectivity index (χ3v) is 3.63. The second-order valence-corrected chi connectivity index (χ2v) is 5.19. The minimum absolute atomic E-state index is 0.491. The van der Waals surface area contributed by atoms with Crippen LogP contribution in [-0.4, -0.2) is 6.21 Å². The summed E-state index contributed by atoms with van der Waals surface area (Å²) in [5, 5.41) is 10.2. The Balaban J connectivity index is 1.90. The molecule has 0 fully saturated rings. The van der Waals surface area contributed by atoms with Crippen LogP contribution in [-0.2, 0) is 6.61 Å². The normalized spacial score (nSPS) is 10.5. The Kier molecular flexibility index (Phi) is 3.89. The molecule has 0 heterocycles. The van der Waals surface area contributed by atoms with E-state index in [-0.39, 0.29) is 0 Å². The van der Waals surface area contributed by atoms with Crippen LogP contribution in [0.3, 0.4) is 0 Å². The predicted octanol–water partition coefficient (Wildman–Crippen LogP) is 5.07. The lowest BCUT2D eigenvalue weighted by Crippen LogP contribution is -1.96. The molecule has 0 aliphatic carbocycles. The van der Waals surface area contributed by atoms with Crippen molar-refractivity contribution in [1.82, 2.24) is 0 Å². The molecule has 0 saturated carbocycles. The topological polar surface area (TPSA) is 33.1 Å². The molecular weight excluding hydrogens is 282 g/mol. The minimum atomic E-state index is 0.491. The summed E-state index contributed by atoms with van der Waals surface area (Å²) < 4.78 is 5.93. The Labute approximate surface area is 128 Å². The summed E-state index contributed by atoms with van der Waals surface area (Å²) in [6.45, 7) is 0.491. The van der Waals surface area contributed by atoms with E-state index in [2.05, 4.69) is 0 Å². The van der Waals surface area contributed by atoms with Gasteiger partial charge in [-0.15, -0.1) is 0 Å². The maximum absolute atomic E-state index is 7.47. The molecule has 3 rings (SSSR count). The Morgan fingerprint density at radius 2 is 1.62 bits per heavy atom. The molecule has 3 aromatic rings. The fourth-order valence-corrected chi connectivity index (χ4v) is 2.41. The summed E-state index contributed by atoms with van der Waals surface area (Å²) in [7, 11) is 0. The van der Waals surface area contributed by atoms with Crippen LogP contribution in [0.5, 0.6) is 5.75 Å². The zero-order valence-electron chi connectivity index (χ0n) is 11.3. The van der Waals surface area contributed by atoms with E-state index in [1.165, 1.54) is 6.21 Å². The van der Waals surface area contributed by atoms with E-state index in [1.54, 1.807) is 0 Å². The first-order valence-corrected chi connectivity index (χ1v) is 7.05. The van der Waals surface area contributed by atoms with E-state index in [1.807, 2.05) is 60.7 Å². The lowest BCUT2D eigenvalue weighted by Gasteiger charge is -2.11. The van der Waals surface area contributed by atoms with Gasteiger partial charge in [0.25, 0.3) is 0 Å². The lowest BCUT2D eigenvalue weighted by atomic mass is 10.0. The average molecular weight is 296 g/mol. The zero-order valence-corrected chi connectivity index (χ0v) is 12.1. The van der Waals surface area contributed by atoms with Crippen molar-refractivity contribution in [2.24, 2.45) is 0 Å². The first-order valence-electron chi connectivity index (χ1n) is 6.67. The maximum atomic E-state index is 7.47. The Hall–Kier alpha value is -2.32. The number of fused-ring (bicyclic) bond motifs is 1. The summed E-state index contributed by atoms with van der Waals surface area (Å²) in [5.74, 6) is 0.825. The van der Waals surface area contributed by atoms with E-state index < -0.39 is 0 Å². The van der Waals surface area contributed by atoms with Gasteiger partial charge in [-0.25, -0.2) is 0 Å². The van der Waals surface area contributed by atoms with E-state index in [9.17, 15) is 0 Å². The maximum Gasteiger partial charge on any atom is 0.127 e. The smallest absolute Gasteiger partial charge is 0.127 e. The number of rotatable bonds is 4. The van der Waals surface area contributed by atoms with Gasteiger partial charge in [-0.3, -0.25) is 0 Å². The van der Waals surface area contributed by atoms with Crippen LogP contribution in [0.2, 0.25) is 5.02 Å². The molecule has 0 bridgehead atoms. The monoisotopic (exact) mass is 295 g/mol.